The average Bonchev–Trinajstić information content (AvgIpc) is 2.40. The Morgan fingerprint density at radius 3 is 1.78 bits per heavy atom. The van der Waals surface area contributed by atoms with E-state index in [1.807, 2.05) is 0 Å². The molecule has 2 aliphatic rings. The Balaban J connectivity index is 1.26. The number of primary amides is 1. The number of phenols is 2. The van der Waals surface area contributed by atoms with Crippen LogP contribution in [0.2, 0.25) is 5.02 Å². The summed E-state index contributed by atoms with van der Waals surface area (Å²) in [6, 6.07) is 19.3. The van der Waals surface area contributed by atoms with Crippen molar-refractivity contribution in [3.63, 3.8) is 0 Å². The Morgan fingerprint density at radius 2 is 1.19 bits per heavy atom. The van der Waals surface area contributed by atoms with Gasteiger partial charge in [-0.15, -0.1) is 0 Å². The number of aliphatic hydroxyl groups is 1. The number of hydrogen-bond acceptors (Lipinski definition) is 17. The molecular formula is C57H66ClN11O13S3. The van der Waals surface area contributed by atoms with Gasteiger partial charge in [-0.05, 0) is 115 Å². The molecule has 2 bridgehead atoms. The van der Waals surface area contributed by atoms with Gasteiger partial charge in [0.2, 0.25) is 47.3 Å². The number of fused-ring (bicyclic) bond motifs is 2. The highest BCUT2D eigenvalue weighted by atomic mass is 35.5. The van der Waals surface area contributed by atoms with Crippen molar-refractivity contribution in [2.45, 2.75) is 110 Å². The van der Waals surface area contributed by atoms with E-state index in [1.54, 1.807) is 42.5 Å². The van der Waals surface area contributed by atoms with E-state index < -0.39 is 117 Å². The van der Waals surface area contributed by atoms with Gasteiger partial charge in [-0.1, -0.05) is 99.9 Å². The Labute approximate surface area is 502 Å². The zero-order valence-electron chi connectivity index (χ0n) is 45.5. The average molecular weight is 1240 g/mol. The lowest BCUT2D eigenvalue weighted by Crippen LogP contribution is -2.71. The highest BCUT2D eigenvalue weighted by Crippen LogP contribution is 2.35. The van der Waals surface area contributed by atoms with Crippen molar-refractivity contribution in [1.29, 1.82) is 0 Å². The first-order valence-electron chi connectivity index (χ1n) is 26.9. The highest BCUT2D eigenvalue weighted by molar-refractivity contribution is 8.77. The molecule has 2 fully saturated rings. The molecular weight excluding hydrogens is 1180 g/mol. The van der Waals surface area contributed by atoms with E-state index in [0.717, 1.165) is 21.6 Å². The predicted molar refractivity (Wildman–Crippen MR) is 320 cm³/mol. The van der Waals surface area contributed by atoms with Crippen LogP contribution in [-0.4, -0.2) is 143 Å². The zero-order valence-corrected chi connectivity index (χ0v) is 48.7. The van der Waals surface area contributed by atoms with Crippen LogP contribution in [0.5, 0.6) is 11.5 Å². The van der Waals surface area contributed by atoms with Crippen LogP contribution in [0, 0.1) is 0 Å². The number of sulfonamides is 1. The number of nitrogens with two attached hydrogens (primary N) is 3. The molecule has 5 aromatic rings. The van der Waals surface area contributed by atoms with Crippen LogP contribution in [0.4, 0.5) is 5.69 Å². The number of rotatable bonds is 20. The van der Waals surface area contributed by atoms with Gasteiger partial charge in [0.1, 0.15) is 53.8 Å². The smallest absolute Gasteiger partial charge is 0.261 e. The molecule has 0 spiro atoms. The molecule has 28 heteroatoms. The molecule has 0 radical (unpaired) electrons. The van der Waals surface area contributed by atoms with Crippen LogP contribution in [0.25, 0.3) is 0 Å². The number of carbonyl (C=O) groups is 8. The molecule has 5 aromatic carbocycles. The lowest BCUT2D eigenvalue weighted by Gasteiger charge is -2.40. The monoisotopic (exact) mass is 1240 g/mol. The van der Waals surface area contributed by atoms with Crippen molar-refractivity contribution in [1.82, 2.24) is 37.2 Å². The van der Waals surface area contributed by atoms with Crippen LogP contribution in [0.3, 0.4) is 0 Å². The third-order valence-corrected chi connectivity index (χ3v) is 18.4. The third kappa shape index (κ3) is 18.5. The largest absolute Gasteiger partial charge is 0.508 e. The summed E-state index contributed by atoms with van der Waals surface area (Å²) < 4.78 is 28.8. The summed E-state index contributed by atoms with van der Waals surface area (Å²) >= 11 is 6.09. The molecule has 85 heavy (non-hydrogen) atoms. The van der Waals surface area contributed by atoms with Crippen molar-refractivity contribution < 1.29 is 62.1 Å². The van der Waals surface area contributed by atoms with Gasteiger partial charge in [-0.3, -0.25) is 43.1 Å². The minimum Gasteiger partial charge on any atom is -0.508 e. The summed E-state index contributed by atoms with van der Waals surface area (Å²) in [5, 5.41) is 49.6. The third-order valence-electron chi connectivity index (χ3n) is 13.9. The summed E-state index contributed by atoms with van der Waals surface area (Å²) in [5.74, 6) is -8.10. The molecule has 2 heterocycles. The van der Waals surface area contributed by atoms with Gasteiger partial charge in [-0.2, -0.15) is 0 Å². The van der Waals surface area contributed by atoms with Crippen molar-refractivity contribution in [3.05, 3.63) is 155 Å². The first-order chi connectivity index (χ1) is 40.6. The molecule has 17 N–H and O–H groups in total. The number of hydrogen-bond donors (Lipinski definition) is 14. The van der Waals surface area contributed by atoms with Gasteiger partial charge < -0.3 is 69.7 Å². The molecule has 0 aromatic heterocycles. The van der Waals surface area contributed by atoms with Crippen molar-refractivity contribution in [3.8, 4) is 11.5 Å². The zero-order chi connectivity index (χ0) is 61.4. The number of piperidine rings is 1. The molecule has 2 aliphatic heterocycles. The Kier molecular flexibility index (Phi) is 23.0. The van der Waals surface area contributed by atoms with Gasteiger partial charge in [0.15, 0.2) is 0 Å². The number of halogens is 1. The van der Waals surface area contributed by atoms with E-state index in [0.29, 0.717) is 33.7 Å². The Hall–Kier alpha value is -7.92. The predicted octanol–water partition coefficient (Wildman–Crippen LogP) is 0.296. The SMILES string of the molecule is NCCCC[C@@H]1NC(=O)[C@@H](Cc2ccc(NS(=O)(=O)c3ccccc3)cc2)NC(=O)[C@H](Cc2ccc(O)cc2)NC(=O)[C@H](NC(=O)[C@@H](N)Cc2ccc(Cl)cc2)CSSC2[C@@H](C(=O)N[C@H](Cc3ccc(O)cc3)C(N)=O)NC(=O)[C@@H](NC1=O)[C@@H]2O. The number of aromatic hydroxyl groups is 2. The van der Waals surface area contributed by atoms with E-state index in [2.05, 4.69) is 41.9 Å². The van der Waals surface area contributed by atoms with E-state index in [1.165, 1.54) is 84.9 Å². The number of phenolic OH excluding ortho intramolecular Hbond substituents is 2. The molecule has 10 atom stereocenters. The second kappa shape index (κ2) is 30.2. The van der Waals surface area contributed by atoms with E-state index >= 15 is 0 Å². The lowest BCUT2D eigenvalue weighted by molar-refractivity contribution is -0.140. The fraction of sp³-hybridized carbons (Fsp3) is 0.333. The molecule has 2 saturated heterocycles. The van der Waals surface area contributed by atoms with E-state index in [4.69, 9.17) is 28.8 Å². The van der Waals surface area contributed by atoms with E-state index in [9.17, 15) is 62.1 Å². The number of nitrogens with one attached hydrogen (secondary N) is 8. The summed E-state index contributed by atoms with van der Waals surface area (Å²) in [5.41, 5.74) is 20.0. The van der Waals surface area contributed by atoms with Crippen molar-refractivity contribution in [2.24, 2.45) is 17.2 Å². The summed E-state index contributed by atoms with van der Waals surface area (Å²) in [6.45, 7) is 0.197. The van der Waals surface area contributed by atoms with Crippen LogP contribution < -0.4 is 59.1 Å². The molecule has 8 amide bonds. The first kappa shape index (κ1) is 64.6. The maximum atomic E-state index is 14.9. The topological polar surface area (TPSA) is 406 Å². The fourth-order valence-corrected chi connectivity index (χ4v) is 13.4. The van der Waals surface area contributed by atoms with Crippen molar-refractivity contribution in [2.75, 3.05) is 17.0 Å². The molecule has 7 rings (SSSR count). The molecule has 0 aliphatic carbocycles. The summed E-state index contributed by atoms with van der Waals surface area (Å²) in [7, 11) is -2.38. The number of aliphatic hydroxyl groups excluding tert-OH is 1. The molecule has 24 nitrogen and oxygen atoms in total. The van der Waals surface area contributed by atoms with Crippen LogP contribution in [-0.2, 0) is 74.1 Å². The Bertz CT molecular complexity index is 3280. The van der Waals surface area contributed by atoms with E-state index in [-0.39, 0.29) is 72.9 Å². The second-order valence-corrected chi connectivity index (χ2v) is 25.0. The molecule has 452 valence electrons. The standard InChI is InChI=1S/C57H66ClN11O13S3/c58-35-17-9-31(10-18-35)26-40(60)51(74)66-45-30-83-84-49-47(57(80)63-42(50(61)73)27-33-13-21-37(70)22-14-33)68-56(79)46(48(49)72)67-52(75)41(8-4-5-25-59)62-53(76)43(64-54(77)44(65-55(45)78)29-34-15-23-38(71)24-16-34)28-32-11-19-36(20-12-32)69-85(81,82)39-6-2-1-3-7-39/h1-3,6-7,9-24,40-49,69-72H,4-5,8,25-30,59-60H2,(H2,61,73)(H,62,76)(H,63,80)(H,64,77)(H,65,78)(H,66,74)(H,67,75)(H,68,79)/t40-,41-,42+,43+,44-,45+,46-,47-,48-,49?/m0/s1. The van der Waals surface area contributed by atoms with Gasteiger partial charge in [0, 0.05) is 35.7 Å². The highest BCUT2D eigenvalue weighted by Gasteiger charge is 2.49. The maximum absolute atomic E-state index is 14.9. The van der Waals surface area contributed by atoms with Crippen LogP contribution in [0.15, 0.2) is 132 Å². The number of anilines is 1. The normalized spacial score (nSPS) is 22.3. The van der Waals surface area contributed by atoms with Crippen LogP contribution in [0.1, 0.15) is 41.5 Å². The summed E-state index contributed by atoms with van der Waals surface area (Å²) in [4.78, 5) is 114. The fourth-order valence-electron chi connectivity index (χ4n) is 9.19. The van der Waals surface area contributed by atoms with Gasteiger partial charge in [0.05, 0.1) is 22.3 Å². The van der Waals surface area contributed by atoms with Crippen LogP contribution >= 0.6 is 33.2 Å². The number of unbranched alkanes of at least 4 members (excludes halogenated alkanes) is 1. The van der Waals surface area contributed by atoms with Gasteiger partial charge >= 0.3 is 0 Å². The van der Waals surface area contributed by atoms with Gasteiger partial charge in [-0.25, -0.2) is 8.42 Å². The number of carbonyl (C=O) groups excluding carboxylic acids is 8. The van der Waals surface area contributed by atoms with Crippen molar-refractivity contribution >= 4 is 96.2 Å². The quantitative estimate of drug-likeness (QED) is 0.0368. The number of amides is 8. The molecule has 1 unspecified atom stereocenters. The Morgan fingerprint density at radius 1 is 0.659 bits per heavy atom. The number of benzene rings is 5. The lowest BCUT2D eigenvalue weighted by atomic mass is 9.94. The molecule has 0 saturated carbocycles. The van der Waals surface area contributed by atoms with Gasteiger partial charge in [0.25, 0.3) is 10.0 Å². The maximum Gasteiger partial charge on any atom is 0.261 e. The summed E-state index contributed by atoms with van der Waals surface area (Å²) in [6.07, 6.45) is -2.04. The minimum absolute atomic E-state index is 0.00262. The second-order valence-electron chi connectivity index (χ2n) is 20.3. The minimum atomic E-state index is -4.01. The first-order valence-corrected chi connectivity index (χ1v) is 31.1.